The van der Waals surface area contributed by atoms with E-state index in [1.807, 2.05) is 48.7 Å². The van der Waals surface area contributed by atoms with Crippen LogP contribution in [0.4, 0.5) is 11.4 Å². The summed E-state index contributed by atoms with van der Waals surface area (Å²) in [7, 11) is 0. The highest BCUT2D eigenvalue weighted by Gasteiger charge is 2.20. The third-order valence-corrected chi connectivity index (χ3v) is 5.52. The predicted octanol–water partition coefficient (Wildman–Crippen LogP) is 4.41. The van der Waals surface area contributed by atoms with Gasteiger partial charge in [0.15, 0.2) is 10.8 Å². The van der Waals surface area contributed by atoms with Crippen molar-refractivity contribution in [1.29, 1.82) is 0 Å². The fourth-order valence-corrected chi connectivity index (χ4v) is 4.03. The minimum absolute atomic E-state index is 0.137. The van der Waals surface area contributed by atoms with Crippen molar-refractivity contribution in [2.75, 3.05) is 16.8 Å². The van der Waals surface area contributed by atoms with Gasteiger partial charge in [0.2, 0.25) is 11.8 Å². The van der Waals surface area contributed by atoms with Gasteiger partial charge in [0, 0.05) is 29.7 Å². The van der Waals surface area contributed by atoms with Crippen molar-refractivity contribution >= 4 is 34.5 Å². The number of aryl methyl sites for hydroxylation is 1. The number of nitrogens with one attached hydrogen (secondary N) is 1. The van der Waals surface area contributed by atoms with E-state index in [-0.39, 0.29) is 18.2 Å². The molecule has 7 heteroatoms. The maximum absolute atomic E-state index is 12.4. The molecule has 2 amide bonds. The molecular weight excluding hydrogens is 374 g/mol. The Morgan fingerprint density at radius 2 is 2.18 bits per heavy atom. The number of hydrogen-bond acceptors (Lipinski definition) is 5. The number of benzene rings is 1. The first-order valence-electron chi connectivity index (χ1n) is 9.30. The zero-order valence-corrected chi connectivity index (χ0v) is 16.4. The van der Waals surface area contributed by atoms with E-state index in [1.165, 1.54) is 11.3 Å². The van der Waals surface area contributed by atoms with Crippen molar-refractivity contribution in [2.24, 2.45) is 0 Å². The molecule has 2 aromatic heterocycles. The summed E-state index contributed by atoms with van der Waals surface area (Å²) in [5, 5.41) is 5.54. The Hall–Kier alpha value is -2.93. The van der Waals surface area contributed by atoms with Gasteiger partial charge in [0.25, 0.3) is 0 Å². The molecule has 0 unspecified atom stereocenters. The van der Waals surface area contributed by atoms with Crippen LogP contribution in [0, 0.1) is 6.92 Å². The molecule has 0 bridgehead atoms. The summed E-state index contributed by atoms with van der Waals surface area (Å²) in [5.74, 6) is 1.54. The van der Waals surface area contributed by atoms with Gasteiger partial charge >= 0.3 is 0 Å². The molecule has 28 heavy (non-hydrogen) atoms. The fraction of sp³-hybridized carbons (Fsp3) is 0.286. The number of piperidine rings is 1. The lowest BCUT2D eigenvalue weighted by Crippen LogP contribution is -2.35. The molecule has 0 saturated carbocycles. The average Bonchev–Trinajstić information content (AvgIpc) is 3.31. The number of furan rings is 1. The van der Waals surface area contributed by atoms with Crippen molar-refractivity contribution < 1.29 is 14.0 Å². The minimum Gasteiger partial charge on any atom is -0.459 e. The van der Waals surface area contributed by atoms with Gasteiger partial charge in [-0.05, 0) is 50.1 Å². The second kappa shape index (κ2) is 7.98. The van der Waals surface area contributed by atoms with E-state index in [9.17, 15) is 9.59 Å². The Labute approximate surface area is 167 Å². The van der Waals surface area contributed by atoms with Crippen molar-refractivity contribution in [3.05, 3.63) is 53.2 Å². The molecule has 3 aromatic rings. The Kier molecular flexibility index (Phi) is 5.25. The number of anilines is 2. The highest BCUT2D eigenvalue weighted by atomic mass is 32.1. The average molecular weight is 395 g/mol. The lowest BCUT2D eigenvalue weighted by Gasteiger charge is -2.27. The van der Waals surface area contributed by atoms with E-state index in [0.29, 0.717) is 23.6 Å². The number of aromatic nitrogens is 1. The Balaban J connectivity index is 1.41. The zero-order chi connectivity index (χ0) is 19.5. The quantitative estimate of drug-likeness (QED) is 0.694. The highest BCUT2D eigenvalue weighted by molar-refractivity contribution is 7.13. The number of carbonyl (C=O) groups is 2. The second-order valence-electron chi connectivity index (χ2n) is 6.83. The largest absolute Gasteiger partial charge is 0.459 e. The van der Waals surface area contributed by atoms with Crippen molar-refractivity contribution in [2.45, 2.75) is 32.6 Å². The molecule has 1 aromatic carbocycles. The fourth-order valence-electron chi connectivity index (χ4n) is 3.25. The van der Waals surface area contributed by atoms with Crippen LogP contribution in [-0.2, 0) is 16.0 Å². The van der Waals surface area contributed by atoms with Crippen molar-refractivity contribution in [1.82, 2.24) is 4.98 Å². The van der Waals surface area contributed by atoms with Gasteiger partial charge < -0.3 is 14.6 Å². The van der Waals surface area contributed by atoms with Gasteiger partial charge in [-0.2, -0.15) is 0 Å². The third-order valence-electron chi connectivity index (χ3n) is 4.61. The Morgan fingerprint density at radius 3 is 2.96 bits per heavy atom. The van der Waals surface area contributed by atoms with E-state index < -0.39 is 0 Å². The smallest absolute Gasteiger partial charge is 0.230 e. The number of hydrogen-bond donors (Lipinski definition) is 1. The molecule has 6 nitrogen and oxygen atoms in total. The van der Waals surface area contributed by atoms with Crippen LogP contribution in [0.2, 0.25) is 0 Å². The van der Waals surface area contributed by atoms with Gasteiger partial charge in [-0.1, -0.05) is 6.07 Å². The maximum atomic E-state index is 12.4. The van der Waals surface area contributed by atoms with Gasteiger partial charge in [0.1, 0.15) is 5.76 Å². The van der Waals surface area contributed by atoms with Crippen LogP contribution in [0.1, 0.15) is 30.7 Å². The van der Waals surface area contributed by atoms with E-state index >= 15 is 0 Å². The van der Waals surface area contributed by atoms with Gasteiger partial charge in [-0.3, -0.25) is 9.59 Å². The molecule has 4 rings (SSSR count). The molecule has 1 aliphatic heterocycles. The molecule has 1 aliphatic rings. The molecule has 0 radical (unpaired) electrons. The van der Waals surface area contributed by atoms with Crippen LogP contribution in [0.25, 0.3) is 10.8 Å². The number of amides is 2. The summed E-state index contributed by atoms with van der Waals surface area (Å²) in [6, 6.07) is 11.2. The van der Waals surface area contributed by atoms with Crippen LogP contribution in [-0.4, -0.2) is 23.3 Å². The lowest BCUT2D eigenvalue weighted by atomic mass is 10.1. The Morgan fingerprint density at radius 1 is 1.29 bits per heavy atom. The van der Waals surface area contributed by atoms with E-state index in [2.05, 4.69) is 10.3 Å². The van der Waals surface area contributed by atoms with Crippen LogP contribution in [0.5, 0.6) is 0 Å². The first kappa shape index (κ1) is 18.4. The van der Waals surface area contributed by atoms with Crippen molar-refractivity contribution in [3.63, 3.8) is 0 Å². The lowest BCUT2D eigenvalue weighted by molar-refractivity contribution is -0.119. The van der Waals surface area contributed by atoms with Crippen LogP contribution >= 0.6 is 11.3 Å². The topological polar surface area (TPSA) is 75.4 Å². The summed E-state index contributed by atoms with van der Waals surface area (Å²) in [4.78, 5) is 30.8. The Bertz CT molecular complexity index is 1010. The summed E-state index contributed by atoms with van der Waals surface area (Å²) in [6.07, 6.45) is 2.71. The molecule has 0 spiro atoms. The van der Waals surface area contributed by atoms with Gasteiger partial charge in [-0.25, -0.2) is 4.98 Å². The molecule has 144 valence electrons. The summed E-state index contributed by atoms with van der Waals surface area (Å²) < 4.78 is 5.58. The molecule has 3 heterocycles. The third kappa shape index (κ3) is 4.14. The zero-order valence-electron chi connectivity index (χ0n) is 15.6. The van der Waals surface area contributed by atoms with Gasteiger partial charge in [0.05, 0.1) is 12.1 Å². The van der Waals surface area contributed by atoms with Crippen LogP contribution in [0.15, 0.2) is 46.2 Å². The van der Waals surface area contributed by atoms with E-state index in [0.717, 1.165) is 35.8 Å². The first-order valence-corrected chi connectivity index (χ1v) is 10.2. The number of carbonyl (C=O) groups excluding carboxylic acids is 2. The molecule has 1 N–H and O–H groups in total. The van der Waals surface area contributed by atoms with Crippen LogP contribution < -0.4 is 10.2 Å². The molecule has 0 aliphatic carbocycles. The van der Waals surface area contributed by atoms with Gasteiger partial charge in [-0.15, -0.1) is 11.3 Å². The number of thiazole rings is 1. The monoisotopic (exact) mass is 395 g/mol. The SMILES string of the molecule is Cc1ccc(-c2nc(CC(=O)Nc3cccc(N4CCCCC4=O)c3)cs2)o1. The number of nitrogens with zero attached hydrogens (tertiary/aromatic N) is 2. The van der Waals surface area contributed by atoms with Crippen LogP contribution in [0.3, 0.4) is 0 Å². The van der Waals surface area contributed by atoms with Crippen molar-refractivity contribution in [3.8, 4) is 10.8 Å². The molecule has 1 saturated heterocycles. The highest BCUT2D eigenvalue weighted by Crippen LogP contribution is 2.26. The second-order valence-corrected chi connectivity index (χ2v) is 7.69. The summed E-state index contributed by atoms with van der Waals surface area (Å²) in [6.45, 7) is 2.61. The summed E-state index contributed by atoms with van der Waals surface area (Å²) in [5.41, 5.74) is 2.21. The molecule has 0 atom stereocenters. The predicted molar refractivity (Wildman–Crippen MR) is 110 cm³/mol. The first-order chi connectivity index (χ1) is 13.6. The standard InChI is InChI=1S/C21H21N3O3S/c1-14-8-9-18(27-14)21-23-16(13-28-21)12-19(25)22-15-5-4-6-17(11-15)24-10-3-2-7-20(24)26/h4-6,8-9,11,13H,2-3,7,10,12H2,1H3,(H,22,25). The number of rotatable bonds is 5. The van der Waals surface area contributed by atoms with E-state index in [4.69, 9.17) is 4.42 Å². The normalized spacial score (nSPS) is 14.3. The summed E-state index contributed by atoms with van der Waals surface area (Å²) >= 11 is 1.46. The minimum atomic E-state index is -0.144. The van der Waals surface area contributed by atoms with E-state index in [1.54, 1.807) is 4.90 Å². The molecular formula is C21H21N3O3S. The maximum Gasteiger partial charge on any atom is 0.230 e. The molecule has 1 fully saturated rings.